The molecule has 1 aliphatic heterocycles. The topological polar surface area (TPSA) is 69.7 Å². The summed E-state index contributed by atoms with van der Waals surface area (Å²) < 4.78 is 0. The molecule has 128 valence electrons. The van der Waals surface area contributed by atoms with Crippen molar-refractivity contribution < 1.29 is 14.4 Å². The lowest BCUT2D eigenvalue weighted by Crippen LogP contribution is -2.45. The van der Waals surface area contributed by atoms with Gasteiger partial charge in [-0.15, -0.1) is 0 Å². The number of likely N-dealkylation sites (N-methyl/N-ethyl adjacent to an activating group) is 1. The zero-order valence-electron chi connectivity index (χ0n) is 14.4. The van der Waals surface area contributed by atoms with Gasteiger partial charge in [-0.25, -0.2) is 4.79 Å². The van der Waals surface area contributed by atoms with Crippen molar-refractivity contribution in [1.29, 1.82) is 0 Å². The summed E-state index contributed by atoms with van der Waals surface area (Å²) in [4.78, 5) is 40.0. The van der Waals surface area contributed by atoms with E-state index in [-0.39, 0.29) is 18.4 Å². The van der Waals surface area contributed by atoms with E-state index in [1.807, 2.05) is 32.0 Å². The fourth-order valence-corrected chi connectivity index (χ4v) is 3.61. The summed E-state index contributed by atoms with van der Waals surface area (Å²) in [5.74, 6) is -0.532. The first-order valence-corrected chi connectivity index (χ1v) is 8.32. The summed E-state index contributed by atoms with van der Waals surface area (Å²) in [7, 11) is 1.67. The number of amides is 4. The fourth-order valence-electron chi connectivity index (χ4n) is 3.61. The minimum absolute atomic E-state index is 0.226. The van der Waals surface area contributed by atoms with E-state index in [4.69, 9.17) is 0 Å². The summed E-state index contributed by atoms with van der Waals surface area (Å²) in [5.41, 5.74) is 2.13. The van der Waals surface area contributed by atoms with Crippen molar-refractivity contribution in [3.8, 4) is 0 Å². The van der Waals surface area contributed by atoms with Crippen molar-refractivity contribution in [3.05, 3.63) is 29.3 Å². The van der Waals surface area contributed by atoms with Crippen LogP contribution in [0.4, 0.5) is 10.5 Å². The lowest BCUT2D eigenvalue weighted by Gasteiger charge is -2.23. The summed E-state index contributed by atoms with van der Waals surface area (Å²) in [6.45, 7) is 3.71. The van der Waals surface area contributed by atoms with E-state index in [0.29, 0.717) is 12.8 Å². The molecule has 0 aromatic heterocycles. The average Bonchev–Trinajstić information content (AvgIpc) is 3.10. The van der Waals surface area contributed by atoms with E-state index in [9.17, 15) is 14.4 Å². The van der Waals surface area contributed by atoms with E-state index in [0.717, 1.165) is 34.6 Å². The molecule has 2 fully saturated rings. The lowest BCUT2D eigenvalue weighted by molar-refractivity contribution is -0.134. The van der Waals surface area contributed by atoms with Crippen molar-refractivity contribution >= 4 is 23.5 Å². The Labute approximate surface area is 141 Å². The molecule has 0 unspecified atom stereocenters. The molecule has 24 heavy (non-hydrogen) atoms. The van der Waals surface area contributed by atoms with Gasteiger partial charge in [0.15, 0.2) is 0 Å². The molecule has 0 atom stereocenters. The Morgan fingerprint density at radius 3 is 2.58 bits per heavy atom. The molecule has 3 rings (SSSR count). The third-order valence-electron chi connectivity index (χ3n) is 5.31. The molecule has 0 bridgehead atoms. The van der Waals surface area contributed by atoms with Crippen molar-refractivity contribution in [2.45, 2.75) is 45.1 Å². The molecule has 6 heteroatoms. The maximum atomic E-state index is 12.6. The average molecular weight is 329 g/mol. The maximum absolute atomic E-state index is 12.6. The minimum Gasteiger partial charge on any atom is -0.323 e. The van der Waals surface area contributed by atoms with E-state index in [2.05, 4.69) is 5.32 Å². The van der Waals surface area contributed by atoms with Crippen LogP contribution in [0.15, 0.2) is 18.2 Å². The number of carbonyl (C=O) groups is 3. The first-order valence-electron chi connectivity index (χ1n) is 8.32. The predicted octanol–water partition coefficient (Wildman–Crippen LogP) is 2.13. The second-order valence-corrected chi connectivity index (χ2v) is 6.78. The molecular formula is C18H23N3O3. The van der Waals surface area contributed by atoms with E-state index in [1.165, 1.54) is 4.90 Å². The van der Waals surface area contributed by atoms with Crippen molar-refractivity contribution in [2.75, 3.05) is 18.5 Å². The van der Waals surface area contributed by atoms with Gasteiger partial charge in [-0.2, -0.15) is 0 Å². The number of hydrogen-bond donors (Lipinski definition) is 1. The SMILES string of the molecule is Cc1cccc(N(C)C(=O)CN2C(=O)NC3(CCCC3)C2=O)c1C. The highest BCUT2D eigenvalue weighted by molar-refractivity contribution is 6.10. The number of urea groups is 1. The number of imide groups is 1. The molecule has 1 saturated carbocycles. The highest BCUT2D eigenvalue weighted by Crippen LogP contribution is 2.35. The van der Waals surface area contributed by atoms with Gasteiger partial charge in [0.05, 0.1) is 0 Å². The molecule has 1 aliphatic carbocycles. The second-order valence-electron chi connectivity index (χ2n) is 6.78. The largest absolute Gasteiger partial charge is 0.325 e. The monoisotopic (exact) mass is 329 g/mol. The Bertz CT molecular complexity index is 707. The second kappa shape index (κ2) is 5.92. The highest BCUT2D eigenvalue weighted by Gasteiger charge is 2.52. The van der Waals surface area contributed by atoms with Crippen LogP contribution < -0.4 is 10.2 Å². The van der Waals surface area contributed by atoms with Gasteiger partial charge < -0.3 is 10.2 Å². The zero-order chi connectivity index (χ0) is 17.5. The number of hydrogen-bond acceptors (Lipinski definition) is 3. The van der Waals surface area contributed by atoms with Crippen LogP contribution in [0.25, 0.3) is 0 Å². The molecule has 6 nitrogen and oxygen atoms in total. The number of nitrogens with zero attached hydrogens (tertiary/aromatic N) is 2. The quantitative estimate of drug-likeness (QED) is 0.864. The van der Waals surface area contributed by atoms with Crippen LogP contribution in [0.5, 0.6) is 0 Å². The minimum atomic E-state index is -0.769. The normalized spacial score (nSPS) is 19.0. The van der Waals surface area contributed by atoms with Crippen LogP contribution >= 0.6 is 0 Å². The van der Waals surface area contributed by atoms with Crippen LogP contribution in [0.1, 0.15) is 36.8 Å². The number of nitrogens with one attached hydrogen (secondary N) is 1. The summed E-state index contributed by atoms with van der Waals surface area (Å²) in [6.07, 6.45) is 3.18. The Balaban J connectivity index is 1.76. The molecule has 1 aromatic rings. The van der Waals surface area contributed by atoms with Gasteiger partial charge in [0.1, 0.15) is 12.1 Å². The Morgan fingerprint density at radius 1 is 1.25 bits per heavy atom. The van der Waals surface area contributed by atoms with E-state index >= 15 is 0 Å². The summed E-state index contributed by atoms with van der Waals surface area (Å²) in [6, 6.07) is 5.29. The van der Waals surface area contributed by atoms with Crippen LogP contribution in [-0.4, -0.2) is 41.9 Å². The van der Waals surface area contributed by atoms with Crippen molar-refractivity contribution in [1.82, 2.24) is 10.2 Å². The van der Waals surface area contributed by atoms with Crippen LogP contribution in [0.2, 0.25) is 0 Å². The fraction of sp³-hybridized carbons (Fsp3) is 0.500. The number of anilines is 1. The molecule has 0 radical (unpaired) electrons. The summed E-state index contributed by atoms with van der Waals surface area (Å²) >= 11 is 0. The maximum Gasteiger partial charge on any atom is 0.325 e. The van der Waals surface area contributed by atoms with Gasteiger partial charge in [0.2, 0.25) is 5.91 Å². The molecule has 1 N–H and O–H groups in total. The van der Waals surface area contributed by atoms with Crippen molar-refractivity contribution in [2.24, 2.45) is 0 Å². The number of rotatable bonds is 3. The molecule has 1 aromatic carbocycles. The Hall–Kier alpha value is -2.37. The van der Waals surface area contributed by atoms with Crippen molar-refractivity contribution in [3.63, 3.8) is 0 Å². The van der Waals surface area contributed by atoms with Crippen LogP contribution in [0, 0.1) is 13.8 Å². The van der Waals surface area contributed by atoms with Crippen LogP contribution in [-0.2, 0) is 9.59 Å². The smallest absolute Gasteiger partial charge is 0.323 e. The third kappa shape index (κ3) is 2.56. The van der Waals surface area contributed by atoms with E-state index in [1.54, 1.807) is 7.05 Å². The predicted molar refractivity (Wildman–Crippen MR) is 90.8 cm³/mol. The number of benzene rings is 1. The third-order valence-corrected chi connectivity index (χ3v) is 5.31. The first-order chi connectivity index (χ1) is 11.4. The van der Waals surface area contributed by atoms with Gasteiger partial charge >= 0.3 is 6.03 Å². The van der Waals surface area contributed by atoms with Gasteiger partial charge in [-0.05, 0) is 43.9 Å². The molecule has 4 amide bonds. The molecular weight excluding hydrogens is 306 g/mol. The Kier molecular flexibility index (Phi) is 4.07. The van der Waals surface area contributed by atoms with Crippen LogP contribution in [0.3, 0.4) is 0 Å². The first kappa shape index (κ1) is 16.5. The van der Waals surface area contributed by atoms with Gasteiger partial charge in [-0.1, -0.05) is 25.0 Å². The van der Waals surface area contributed by atoms with Gasteiger partial charge in [0, 0.05) is 12.7 Å². The zero-order valence-corrected chi connectivity index (χ0v) is 14.4. The lowest BCUT2D eigenvalue weighted by atomic mass is 9.98. The molecule has 1 spiro atoms. The van der Waals surface area contributed by atoms with E-state index < -0.39 is 11.6 Å². The van der Waals surface area contributed by atoms with Gasteiger partial charge in [-0.3, -0.25) is 14.5 Å². The molecule has 2 aliphatic rings. The van der Waals surface area contributed by atoms with Gasteiger partial charge in [0.25, 0.3) is 5.91 Å². The number of aryl methyl sites for hydroxylation is 1. The molecule has 1 heterocycles. The standard InChI is InChI=1S/C18H23N3O3/c1-12-7-6-8-14(13(12)2)20(3)15(22)11-21-16(23)18(19-17(21)24)9-4-5-10-18/h6-8H,4-5,9-11H2,1-3H3,(H,19,24). The summed E-state index contributed by atoms with van der Waals surface area (Å²) in [5, 5.41) is 2.80. The highest BCUT2D eigenvalue weighted by atomic mass is 16.2. The Morgan fingerprint density at radius 2 is 1.92 bits per heavy atom. The molecule has 1 saturated heterocycles. The number of carbonyl (C=O) groups excluding carboxylic acids is 3.